The van der Waals surface area contributed by atoms with Crippen LogP contribution in [-0.4, -0.2) is 31.0 Å². The maximum absolute atomic E-state index is 12.4. The van der Waals surface area contributed by atoms with Gasteiger partial charge in [-0.2, -0.15) is 0 Å². The molecule has 1 rings (SSSR count). The molecule has 0 spiro atoms. The van der Waals surface area contributed by atoms with E-state index in [0.717, 1.165) is 5.57 Å². The van der Waals surface area contributed by atoms with E-state index in [-0.39, 0.29) is 5.91 Å². The number of rotatable bonds is 5. The predicted molar refractivity (Wildman–Crippen MR) is 73.8 cm³/mol. The fraction of sp³-hybridized carbons (Fsp3) is 0.357. The van der Waals surface area contributed by atoms with Gasteiger partial charge in [0.2, 0.25) is 0 Å². The van der Waals surface area contributed by atoms with E-state index < -0.39 is 0 Å². The Bertz CT molecular complexity index is 455. The van der Waals surface area contributed by atoms with Gasteiger partial charge in [0.25, 0.3) is 5.91 Å². The molecule has 1 amide bonds. The molecule has 1 aromatic rings. The lowest BCUT2D eigenvalue weighted by Crippen LogP contribution is -2.33. The number of anilines is 1. The van der Waals surface area contributed by atoms with Crippen LogP contribution in [0.15, 0.2) is 30.4 Å². The second kappa shape index (κ2) is 6.10. The van der Waals surface area contributed by atoms with E-state index in [1.165, 1.54) is 7.11 Å². The fourth-order valence-corrected chi connectivity index (χ4v) is 1.76. The monoisotopic (exact) mass is 248 g/mol. The number of likely N-dealkylation sites (N-methyl/N-ethyl adjacent to an activating group) is 1. The average Bonchev–Trinajstić information content (AvgIpc) is 2.34. The van der Waals surface area contributed by atoms with E-state index in [9.17, 15) is 4.79 Å². The predicted octanol–water partition coefficient (Wildman–Crippen LogP) is 2.32. The summed E-state index contributed by atoms with van der Waals surface area (Å²) in [6.07, 6.45) is 0. The number of benzene rings is 1. The third-order valence-corrected chi connectivity index (χ3v) is 2.62. The zero-order valence-corrected chi connectivity index (χ0v) is 11.2. The van der Waals surface area contributed by atoms with Gasteiger partial charge in [-0.3, -0.25) is 4.79 Å². The van der Waals surface area contributed by atoms with E-state index in [4.69, 9.17) is 10.5 Å². The highest BCUT2D eigenvalue weighted by atomic mass is 16.5. The number of hydrogen-bond acceptors (Lipinski definition) is 3. The van der Waals surface area contributed by atoms with Crippen molar-refractivity contribution >= 4 is 11.6 Å². The van der Waals surface area contributed by atoms with Crippen LogP contribution in [0.5, 0.6) is 5.75 Å². The van der Waals surface area contributed by atoms with Gasteiger partial charge in [0.1, 0.15) is 11.3 Å². The summed E-state index contributed by atoms with van der Waals surface area (Å²) < 4.78 is 5.20. The summed E-state index contributed by atoms with van der Waals surface area (Å²) in [5.74, 6) is 0.371. The molecule has 0 heterocycles. The molecule has 0 aliphatic carbocycles. The molecular formula is C14H20N2O2. The van der Waals surface area contributed by atoms with Crippen LogP contribution in [0.25, 0.3) is 0 Å². The van der Waals surface area contributed by atoms with Gasteiger partial charge >= 0.3 is 0 Å². The second-order valence-electron chi connectivity index (χ2n) is 4.20. The minimum atomic E-state index is -0.129. The number of nitrogens with two attached hydrogens (primary N) is 1. The highest BCUT2D eigenvalue weighted by Crippen LogP contribution is 2.25. The molecule has 0 unspecified atom stereocenters. The smallest absolute Gasteiger partial charge is 0.260 e. The number of carbonyl (C=O) groups is 1. The molecule has 1 aromatic carbocycles. The van der Waals surface area contributed by atoms with Crippen LogP contribution in [0.2, 0.25) is 0 Å². The average molecular weight is 248 g/mol. The lowest BCUT2D eigenvalue weighted by molar-refractivity contribution is 0.0776. The molecule has 98 valence electrons. The Hall–Kier alpha value is -1.97. The topological polar surface area (TPSA) is 55.6 Å². The van der Waals surface area contributed by atoms with Crippen molar-refractivity contribution in [2.45, 2.75) is 13.8 Å². The highest BCUT2D eigenvalue weighted by molar-refractivity contribution is 6.02. The molecule has 0 bridgehead atoms. The van der Waals surface area contributed by atoms with Gasteiger partial charge in [-0.1, -0.05) is 18.2 Å². The molecule has 0 saturated carbocycles. The first-order chi connectivity index (χ1) is 8.51. The van der Waals surface area contributed by atoms with Crippen LogP contribution in [0.1, 0.15) is 24.2 Å². The number of hydrogen-bond donors (Lipinski definition) is 1. The maximum atomic E-state index is 12.4. The minimum absolute atomic E-state index is 0.129. The van der Waals surface area contributed by atoms with Crippen molar-refractivity contribution in [1.82, 2.24) is 4.90 Å². The van der Waals surface area contributed by atoms with Gasteiger partial charge in [-0.15, -0.1) is 0 Å². The summed E-state index contributed by atoms with van der Waals surface area (Å²) in [6.45, 7) is 8.76. The van der Waals surface area contributed by atoms with Gasteiger partial charge < -0.3 is 15.4 Å². The standard InChI is InChI=1S/C14H20N2O2/c1-5-16(9-10(2)3)14(17)13-11(15)7-6-8-12(13)18-4/h6-8H,2,5,9,15H2,1,3-4H3. The maximum Gasteiger partial charge on any atom is 0.260 e. The molecule has 4 heteroatoms. The Balaban J connectivity index is 3.12. The molecule has 0 aliphatic heterocycles. The van der Waals surface area contributed by atoms with Crippen LogP contribution in [0.3, 0.4) is 0 Å². The van der Waals surface area contributed by atoms with E-state index in [1.54, 1.807) is 23.1 Å². The number of ether oxygens (including phenoxy) is 1. The Labute approximate surface area is 108 Å². The van der Waals surface area contributed by atoms with Gasteiger partial charge in [-0.25, -0.2) is 0 Å². The first-order valence-corrected chi connectivity index (χ1v) is 5.87. The normalized spacial score (nSPS) is 9.94. The van der Waals surface area contributed by atoms with Crippen LogP contribution >= 0.6 is 0 Å². The molecule has 4 nitrogen and oxygen atoms in total. The highest BCUT2D eigenvalue weighted by Gasteiger charge is 2.20. The fourth-order valence-electron chi connectivity index (χ4n) is 1.76. The van der Waals surface area contributed by atoms with Crippen LogP contribution in [0.4, 0.5) is 5.69 Å². The largest absolute Gasteiger partial charge is 0.496 e. The molecule has 2 N–H and O–H groups in total. The van der Waals surface area contributed by atoms with Crippen molar-refractivity contribution in [3.63, 3.8) is 0 Å². The van der Waals surface area contributed by atoms with Crippen molar-refractivity contribution in [2.75, 3.05) is 25.9 Å². The molecule has 0 aliphatic rings. The van der Waals surface area contributed by atoms with E-state index in [1.807, 2.05) is 13.8 Å². The van der Waals surface area contributed by atoms with Crippen LogP contribution < -0.4 is 10.5 Å². The first kappa shape index (κ1) is 14.1. The van der Waals surface area contributed by atoms with Gasteiger partial charge in [0.15, 0.2) is 0 Å². The molecule has 0 radical (unpaired) electrons. The van der Waals surface area contributed by atoms with E-state index in [2.05, 4.69) is 6.58 Å². The summed E-state index contributed by atoms with van der Waals surface area (Å²) in [5, 5.41) is 0. The van der Waals surface area contributed by atoms with Crippen LogP contribution in [-0.2, 0) is 0 Å². The first-order valence-electron chi connectivity index (χ1n) is 5.87. The Morgan fingerprint density at radius 2 is 2.17 bits per heavy atom. The number of nitrogens with zero attached hydrogens (tertiary/aromatic N) is 1. The van der Waals surface area contributed by atoms with Crippen LogP contribution in [0, 0.1) is 0 Å². The Morgan fingerprint density at radius 3 is 2.67 bits per heavy atom. The third kappa shape index (κ3) is 3.03. The molecule has 18 heavy (non-hydrogen) atoms. The summed E-state index contributed by atoms with van der Waals surface area (Å²) in [7, 11) is 1.53. The zero-order chi connectivity index (χ0) is 13.7. The zero-order valence-electron chi connectivity index (χ0n) is 11.2. The molecule has 0 saturated heterocycles. The lowest BCUT2D eigenvalue weighted by atomic mass is 10.1. The van der Waals surface area contributed by atoms with Crippen molar-refractivity contribution in [3.8, 4) is 5.75 Å². The summed E-state index contributed by atoms with van der Waals surface area (Å²) >= 11 is 0. The van der Waals surface area contributed by atoms with Gasteiger partial charge in [0.05, 0.1) is 7.11 Å². The van der Waals surface area contributed by atoms with Crippen molar-refractivity contribution in [1.29, 1.82) is 0 Å². The summed E-state index contributed by atoms with van der Waals surface area (Å²) in [5.41, 5.74) is 7.65. The van der Waals surface area contributed by atoms with Crippen molar-refractivity contribution in [3.05, 3.63) is 35.9 Å². The SMILES string of the molecule is C=C(C)CN(CC)C(=O)c1c(N)cccc1OC. The Morgan fingerprint density at radius 1 is 1.50 bits per heavy atom. The number of nitrogen functional groups attached to an aromatic ring is 1. The van der Waals surface area contributed by atoms with E-state index >= 15 is 0 Å². The summed E-state index contributed by atoms with van der Waals surface area (Å²) in [4.78, 5) is 14.1. The number of amides is 1. The molecule has 0 atom stereocenters. The molecule has 0 aromatic heterocycles. The molecular weight excluding hydrogens is 228 g/mol. The number of methoxy groups -OCH3 is 1. The van der Waals surface area contributed by atoms with Crippen molar-refractivity contribution < 1.29 is 9.53 Å². The lowest BCUT2D eigenvalue weighted by Gasteiger charge is -2.22. The third-order valence-electron chi connectivity index (χ3n) is 2.62. The van der Waals surface area contributed by atoms with E-state index in [0.29, 0.717) is 30.1 Å². The Kier molecular flexibility index (Phi) is 4.77. The molecule has 0 fully saturated rings. The van der Waals surface area contributed by atoms with Gasteiger partial charge in [-0.05, 0) is 26.0 Å². The quantitative estimate of drug-likeness (QED) is 0.642. The van der Waals surface area contributed by atoms with Crippen molar-refractivity contribution in [2.24, 2.45) is 0 Å². The summed E-state index contributed by atoms with van der Waals surface area (Å²) in [6, 6.07) is 5.20. The second-order valence-corrected chi connectivity index (χ2v) is 4.20. The van der Waals surface area contributed by atoms with Gasteiger partial charge in [0, 0.05) is 18.8 Å². The minimum Gasteiger partial charge on any atom is -0.496 e. The number of carbonyl (C=O) groups excluding carboxylic acids is 1.